The van der Waals surface area contributed by atoms with Crippen LogP contribution in [0.1, 0.15) is 18.1 Å². The highest BCUT2D eigenvalue weighted by atomic mass is 16.6. The number of hydrogen-bond donors (Lipinski definition) is 0. The molecule has 6 nitrogen and oxygen atoms in total. The van der Waals surface area contributed by atoms with Crippen LogP contribution in [-0.2, 0) is 9.53 Å². The van der Waals surface area contributed by atoms with E-state index in [0.717, 1.165) is 5.56 Å². The number of esters is 1. The number of nitro groups is 1. The van der Waals surface area contributed by atoms with E-state index in [2.05, 4.69) is 4.74 Å². The molecule has 0 unspecified atom stereocenters. The van der Waals surface area contributed by atoms with E-state index in [1.54, 1.807) is 32.2 Å². The highest BCUT2D eigenvalue weighted by Gasteiger charge is 2.23. The van der Waals surface area contributed by atoms with E-state index in [0.29, 0.717) is 11.3 Å². The van der Waals surface area contributed by atoms with Crippen molar-refractivity contribution in [1.29, 1.82) is 0 Å². The standard InChI is InChI=1S/C13H15NO5/c1-4-19-13(15)11(14(16)17)8-10-5-6-12(18-3)9(2)7-10/h5-8H,4H2,1-3H3/b11-8-. The van der Waals surface area contributed by atoms with Gasteiger partial charge in [-0.1, -0.05) is 6.07 Å². The molecule has 0 amide bonds. The maximum absolute atomic E-state index is 11.4. The molecule has 1 aromatic rings. The van der Waals surface area contributed by atoms with Crippen molar-refractivity contribution in [3.05, 3.63) is 45.1 Å². The fraction of sp³-hybridized carbons (Fsp3) is 0.308. The molecule has 102 valence electrons. The number of carbonyl (C=O) groups excluding carboxylic acids is 1. The summed E-state index contributed by atoms with van der Waals surface area (Å²) in [7, 11) is 1.54. The van der Waals surface area contributed by atoms with Gasteiger partial charge in [0, 0.05) is 6.08 Å². The Hall–Kier alpha value is -2.37. The van der Waals surface area contributed by atoms with Crippen molar-refractivity contribution >= 4 is 12.0 Å². The van der Waals surface area contributed by atoms with Crippen molar-refractivity contribution in [2.24, 2.45) is 0 Å². The normalized spacial score (nSPS) is 11.0. The number of aryl methyl sites for hydroxylation is 1. The van der Waals surface area contributed by atoms with Gasteiger partial charge in [0.1, 0.15) is 5.75 Å². The van der Waals surface area contributed by atoms with Crippen LogP contribution in [0.15, 0.2) is 23.9 Å². The predicted octanol–water partition coefficient (Wildman–Crippen LogP) is 2.18. The molecule has 1 aromatic carbocycles. The molecule has 6 heteroatoms. The van der Waals surface area contributed by atoms with E-state index < -0.39 is 16.6 Å². The maximum atomic E-state index is 11.4. The number of rotatable bonds is 5. The van der Waals surface area contributed by atoms with Gasteiger partial charge < -0.3 is 9.47 Å². The first-order valence-electron chi connectivity index (χ1n) is 5.67. The molecular weight excluding hydrogens is 250 g/mol. The fourth-order valence-corrected chi connectivity index (χ4v) is 1.54. The zero-order chi connectivity index (χ0) is 14.4. The molecule has 0 bridgehead atoms. The Bertz CT molecular complexity index is 522. The van der Waals surface area contributed by atoms with E-state index in [4.69, 9.17) is 4.74 Å². The number of ether oxygens (including phenoxy) is 2. The minimum absolute atomic E-state index is 0.0889. The molecule has 0 heterocycles. The Morgan fingerprint density at radius 3 is 2.63 bits per heavy atom. The van der Waals surface area contributed by atoms with Gasteiger partial charge in [0.15, 0.2) is 0 Å². The van der Waals surface area contributed by atoms with Crippen LogP contribution in [-0.4, -0.2) is 24.6 Å². The lowest BCUT2D eigenvalue weighted by Crippen LogP contribution is -2.14. The van der Waals surface area contributed by atoms with Crippen LogP contribution in [0.3, 0.4) is 0 Å². The quantitative estimate of drug-likeness (QED) is 0.353. The number of hydrogen-bond acceptors (Lipinski definition) is 5. The molecule has 0 aromatic heterocycles. The summed E-state index contributed by atoms with van der Waals surface area (Å²) in [5.74, 6) is -0.267. The van der Waals surface area contributed by atoms with E-state index in [-0.39, 0.29) is 6.61 Å². The monoisotopic (exact) mass is 265 g/mol. The Kier molecular flexibility index (Phi) is 5.05. The van der Waals surface area contributed by atoms with Gasteiger partial charge in [0.2, 0.25) is 0 Å². The summed E-state index contributed by atoms with van der Waals surface area (Å²) >= 11 is 0. The summed E-state index contributed by atoms with van der Waals surface area (Å²) in [5.41, 5.74) is 0.771. The van der Waals surface area contributed by atoms with E-state index in [1.165, 1.54) is 6.08 Å². The van der Waals surface area contributed by atoms with Crippen molar-refractivity contribution < 1.29 is 19.2 Å². The molecular formula is C13H15NO5. The van der Waals surface area contributed by atoms with Crippen LogP contribution >= 0.6 is 0 Å². The Balaban J connectivity index is 3.12. The van der Waals surface area contributed by atoms with Crippen molar-refractivity contribution in [2.45, 2.75) is 13.8 Å². The average Bonchev–Trinajstić information content (AvgIpc) is 2.36. The smallest absolute Gasteiger partial charge is 0.409 e. The second kappa shape index (κ2) is 6.53. The zero-order valence-electron chi connectivity index (χ0n) is 11.0. The maximum Gasteiger partial charge on any atom is 0.409 e. The molecule has 0 aliphatic carbocycles. The molecule has 0 aliphatic heterocycles. The van der Waals surface area contributed by atoms with Gasteiger partial charge >= 0.3 is 11.7 Å². The molecule has 0 N–H and O–H groups in total. The minimum Gasteiger partial charge on any atom is -0.496 e. The number of methoxy groups -OCH3 is 1. The van der Waals surface area contributed by atoms with Gasteiger partial charge in [-0.05, 0) is 37.1 Å². The summed E-state index contributed by atoms with van der Waals surface area (Å²) in [6.45, 7) is 3.49. The second-order valence-electron chi connectivity index (χ2n) is 3.74. The number of nitrogens with zero attached hydrogens (tertiary/aromatic N) is 1. The van der Waals surface area contributed by atoms with E-state index >= 15 is 0 Å². The predicted molar refractivity (Wildman–Crippen MR) is 69.3 cm³/mol. The molecule has 0 fully saturated rings. The first kappa shape index (κ1) is 14.7. The summed E-state index contributed by atoms with van der Waals surface area (Å²) in [4.78, 5) is 21.5. The van der Waals surface area contributed by atoms with Crippen molar-refractivity contribution in [3.63, 3.8) is 0 Å². The number of carbonyl (C=O) groups is 1. The highest BCUT2D eigenvalue weighted by molar-refractivity contribution is 5.91. The molecule has 0 spiro atoms. The summed E-state index contributed by atoms with van der Waals surface area (Å²) in [6.07, 6.45) is 1.18. The van der Waals surface area contributed by atoms with E-state index in [9.17, 15) is 14.9 Å². The third kappa shape index (κ3) is 3.80. The summed E-state index contributed by atoms with van der Waals surface area (Å²) in [6, 6.07) is 5.01. The van der Waals surface area contributed by atoms with Crippen molar-refractivity contribution in [3.8, 4) is 5.75 Å². The van der Waals surface area contributed by atoms with Crippen LogP contribution in [0.5, 0.6) is 5.75 Å². The first-order valence-corrected chi connectivity index (χ1v) is 5.67. The lowest BCUT2D eigenvalue weighted by atomic mass is 10.1. The zero-order valence-corrected chi connectivity index (χ0v) is 11.0. The van der Waals surface area contributed by atoms with Crippen LogP contribution in [0.2, 0.25) is 0 Å². The lowest BCUT2D eigenvalue weighted by Gasteiger charge is -2.05. The lowest BCUT2D eigenvalue weighted by molar-refractivity contribution is -0.419. The number of benzene rings is 1. The minimum atomic E-state index is -0.944. The Morgan fingerprint density at radius 2 is 2.16 bits per heavy atom. The SMILES string of the molecule is CCOC(=O)/C(=C/c1ccc(OC)c(C)c1)[N+](=O)[O-]. The van der Waals surface area contributed by atoms with Crippen LogP contribution < -0.4 is 4.74 Å². The van der Waals surface area contributed by atoms with Gasteiger partial charge in [0.25, 0.3) is 0 Å². The van der Waals surface area contributed by atoms with Crippen LogP contribution in [0, 0.1) is 17.0 Å². The Morgan fingerprint density at radius 1 is 1.47 bits per heavy atom. The largest absolute Gasteiger partial charge is 0.496 e. The molecule has 0 saturated heterocycles. The Labute approximate surface area is 110 Å². The molecule has 0 aliphatic rings. The highest BCUT2D eigenvalue weighted by Crippen LogP contribution is 2.20. The van der Waals surface area contributed by atoms with Gasteiger partial charge in [-0.2, -0.15) is 0 Å². The first-order chi connectivity index (χ1) is 8.99. The van der Waals surface area contributed by atoms with Crippen molar-refractivity contribution in [2.75, 3.05) is 13.7 Å². The topological polar surface area (TPSA) is 78.7 Å². The van der Waals surface area contributed by atoms with Gasteiger partial charge in [-0.15, -0.1) is 0 Å². The van der Waals surface area contributed by atoms with Crippen molar-refractivity contribution in [1.82, 2.24) is 0 Å². The average molecular weight is 265 g/mol. The molecule has 1 rings (SSSR count). The third-order valence-electron chi connectivity index (χ3n) is 2.40. The fourth-order valence-electron chi connectivity index (χ4n) is 1.54. The molecule has 0 saturated carbocycles. The van der Waals surface area contributed by atoms with Crippen LogP contribution in [0.4, 0.5) is 0 Å². The second-order valence-corrected chi connectivity index (χ2v) is 3.74. The van der Waals surface area contributed by atoms with E-state index in [1.807, 2.05) is 6.92 Å². The van der Waals surface area contributed by atoms with Crippen LogP contribution in [0.25, 0.3) is 6.08 Å². The summed E-state index contributed by atoms with van der Waals surface area (Å²) in [5, 5.41) is 10.8. The molecule has 0 atom stereocenters. The third-order valence-corrected chi connectivity index (χ3v) is 2.40. The molecule has 0 radical (unpaired) electrons. The summed E-state index contributed by atoms with van der Waals surface area (Å²) < 4.78 is 9.73. The molecule has 19 heavy (non-hydrogen) atoms. The van der Waals surface area contributed by atoms with Gasteiger partial charge in [-0.25, -0.2) is 4.79 Å². The van der Waals surface area contributed by atoms with Gasteiger partial charge in [0.05, 0.1) is 18.6 Å². The van der Waals surface area contributed by atoms with Gasteiger partial charge in [-0.3, -0.25) is 10.1 Å².